The Morgan fingerprint density at radius 2 is 2.17 bits per heavy atom. The molecular weight excluding hydrogens is 228 g/mol. The third-order valence-corrected chi connectivity index (χ3v) is 3.30. The number of rotatable bonds is 4. The minimum Gasteiger partial charge on any atom is -0.494 e. The molecule has 1 fully saturated rings. The predicted molar refractivity (Wildman–Crippen MR) is 71.0 cm³/mol. The molecule has 1 atom stereocenters. The zero-order valence-electron chi connectivity index (χ0n) is 11.0. The van der Waals surface area contributed by atoms with Gasteiger partial charge in [0.15, 0.2) is 0 Å². The monoisotopic (exact) mass is 248 g/mol. The summed E-state index contributed by atoms with van der Waals surface area (Å²) in [5, 5.41) is 3.21. The Morgan fingerprint density at radius 1 is 1.44 bits per heavy atom. The van der Waals surface area contributed by atoms with Gasteiger partial charge < -0.3 is 15.0 Å². The van der Waals surface area contributed by atoms with Crippen LogP contribution in [0.3, 0.4) is 0 Å². The average Bonchev–Trinajstić information content (AvgIpc) is 2.88. The lowest BCUT2D eigenvalue weighted by Gasteiger charge is -2.16. The number of ether oxygens (including phenoxy) is 1. The first-order valence-electron chi connectivity index (χ1n) is 6.44. The molecule has 4 heteroatoms. The summed E-state index contributed by atoms with van der Waals surface area (Å²) in [7, 11) is 1.94. The summed E-state index contributed by atoms with van der Waals surface area (Å²) in [5.41, 5.74) is 0.732. The van der Waals surface area contributed by atoms with Gasteiger partial charge in [-0.3, -0.25) is 4.79 Å². The van der Waals surface area contributed by atoms with Gasteiger partial charge in [-0.05, 0) is 44.7 Å². The molecule has 1 aliphatic rings. The maximum Gasteiger partial charge on any atom is 0.253 e. The van der Waals surface area contributed by atoms with Gasteiger partial charge in [-0.2, -0.15) is 0 Å². The third kappa shape index (κ3) is 2.82. The van der Waals surface area contributed by atoms with Crippen LogP contribution in [0.15, 0.2) is 24.3 Å². The minimum atomic E-state index is 0.107. The zero-order chi connectivity index (χ0) is 13.0. The van der Waals surface area contributed by atoms with Crippen LogP contribution in [0.5, 0.6) is 5.75 Å². The van der Waals surface area contributed by atoms with Crippen molar-refractivity contribution in [2.24, 2.45) is 0 Å². The molecule has 0 saturated carbocycles. The van der Waals surface area contributed by atoms with Crippen LogP contribution in [0.25, 0.3) is 0 Å². The number of amides is 1. The highest BCUT2D eigenvalue weighted by atomic mass is 16.5. The summed E-state index contributed by atoms with van der Waals surface area (Å²) in [6, 6.07) is 7.79. The molecular formula is C14H20N2O2. The smallest absolute Gasteiger partial charge is 0.253 e. The van der Waals surface area contributed by atoms with Crippen LogP contribution in [0.1, 0.15) is 23.7 Å². The van der Waals surface area contributed by atoms with Gasteiger partial charge >= 0.3 is 0 Å². The van der Waals surface area contributed by atoms with Gasteiger partial charge in [0.25, 0.3) is 5.91 Å². The van der Waals surface area contributed by atoms with Gasteiger partial charge in [-0.25, -0.2) is 0 Å². The molecule has 0 aliphatic carbocycles. The summed E-state index contributed by atoms with van der Waals surface area (Å²) in [4.78, 5) is 14.1. The molecule has 2 rings (SSSR count). The Balaban J connectivity index is 2.00. The molecule has 0 aromatic heterocycles. The first kappa shape index (κ1) is 12.9. The maximum absolute atomic E-state index is 12.2. The van der Waals surface area contributed by atoms with Crippen LogP contribution >= 0.6 is 0 Å². The van der Waals surface area contributed by atoms with E-state index < -0.39 is 0 Å². The maximum atomic E-state index is 12.2. The van der Waals surface area contributed by atoms with Gasteiger partial charge in [0.1, 0.15) is 5.75 Å². The normalized spacial score (nSPS) is 19.0. The number of carbonyl (C=O) groups is 1. The quantitative estimate of drug-likeness (QED) is 0.878. The molecule has 1 aromatic rings. The highest BCUT2D eigenvalue weighted by molar-refractivity contribution is 5.94. The van der Waals surface area contributed by atoms with E-state index in [0.717, 1.165) is 30.8 Å². The Bertz CT molecular complexity index is 403. The standard InChI is InChI=1S/C14H20N2O2/c1-3-18-13-6-4-11(5-7-13)14(17)16-9-8-12(10-16)15-2/h4-7,12,15H,3,8-10H2,1-2H3. The van der Waals surface area contributed by atoms with E-state index >= 15 is 0 Å². The highest BCUT2D eigenvalue weighted by Gasteiger charge is 2.25. The number of nitrogens with zero attached hydrogens (tertiary/aromatic N) is 1. The predicted octanol–water partition coefficient (Wildman–Crippen LogP) is 1.52. The molecule has 0 spiro atoms. The average molecular weight is 248 g/mol. The summed E-state index contributed by atoms with van der Waals surface area (Å²) < 4.78 is 5.37. The van der Waals surface area contributed by atoms with Crippen LogP contribution in [-0.4, -0.2) is 43.6 Å². The summed E-state index contributed by atoms with van der Waals surface area (Å²) in [6.45, 7) is 4.21. The van der Waals surface area contributed by atoms with Crippen molar-refractivity contribution >= 4 is 5.91 Å². The molecule has 4 nitrogen and oxygen atoms in total. The topological polar surface area (TPSA) is 41.6 Å². The first-order chi connectivity index (χ1) is 8.74. The molecule has 98 valence electrons. The van der Waals surface area contributed by atoms with Crippen LogP contribution in [-0.2, 0) is 0 Å². The summed E-state index contributed by atoms with van der Waals surface area (Å²) in [5.74, 6) is 0.916. The lowest BCUT2D eigenvalue weighted by atomic mass is 10.2. The van der Waals surface area contributed by atoms with Crippen molar-refractivity contribution in [1.29, 1.82) is 0 Å². The van der Waals surface area contributed by atoms with Crippen molar-refractivity contribution in [2.45, 2.75) is 19.4 Å². The first-order valence-corrected chi connectivity index (χ1v) is 6.44. The number of hydrogen-bond donors (Lipinski definition) is 1. The largest absolute Gasteiger partial charge is 0.494 e. The minimum absolute atomic E-state index is 0.107. The fraction of sp³-hybridized carbons (Fsp3) is 0.500. The number of nitrogens with one attached hydrogen (secondary N) is 1. The molecule has 1 N–H and O–H groups in total. The number of likely N-dealkylation sites (tertiary alicyclic amines) is 1. The molecule has 1 saturated heterocycles. The molecule has 1 amide bonds. The second kappa shape index (κ2) is 5.87. The van der Waals surface area contributed by atoms with Gasteiger partial charge in [0.2, 0.25) is 0 Å². The van der Waals surface area contributed by atoms with Crippen LogP contribution in [0.4, 0.5) is 0 Å². The van der Waals surface area contributed by atoms with Crippen molar-refractivity contribution < 1.29 is 9.53 Å². The third-order valence-electron chi connectivity index (χ3n) is 3.30. The van der Waals surface area contributed by atoms with E-state index in [1.807, 2.05) is 43.1 Å². The van der Waals surface area contributed by atoms with E-state index in [1.54, 1.807) is 0 Å². The van der Waals surface area contributed by atoms with Crippen LogP contribution in [0, 0.1) is 0 Å². The van der Waals surface area contributed by atoms with Crippen molar-refractivity contribution in [2.75, 3.05) is 26.7 Å². The van der Waals surface area contributed by atoms with E-state index in [2.05, 4.69) is 5.32 Å². The number of hydrogen-bond acceptors (Lipinski definition) is 3. The Labute approximate surface area is 108 Å². The summed E-state index contributed by atoms with van der Waals surface area (Å²) >= 11 is 0. The van der Waals surface area contributed by atoms with E-state index in [4.69, 9.17) is 4.74 Å². The van der Waals surface area contributed by atoms with E-state index in [-0.39, 0.29) is 5.91 Å². The zero-order valence-corrected chi connectivity index (χ0v) is 11.0. The lowest BCUT2D eigenvalue weighted by Crippen LogP contribution is -2.33. The van der Waals surface area contributed by atoms with Crippen LogP contribution < -0.4 is 10.1 Å². The van der Waals surface area contributed by atoms with E-state index in [9.17, 15) is 4.79 Å². The second-order valence-corrected chi connectivity index (χ2v) is 4.48. The number of carbonyl (C=O) groups excluding carboxylic acids is 1. The Kier molecular flexibility index (Phi) is 4.20. The molecule has 1 aliphatic heterocycles. The van der Waals surface area contributed by atoms with Crippen molar-refractivity contribution in [1.82, 2.24) is 10.2 Å². The van der Waals surface area contributed by atoms with Gasteiger partial charge in [0, 0.05) is 24.7 Å². The van der Waals surface area contributed by atoms with Crippen molar-refractivity contribution in [3.8, 4) is 5.75 Å². The van der Waals surface area contributed by atoms with E-state index in [0.29, 0.717) is 12.6 Å². The second-order valence-electron chi connectivity index (χ2n) is 4.48. The van der Waals surface area contributed by atoms with Crippen molar-refractivity contribution in [3.05, 3.63) is 29.8 Å². The van der Waals surface area contributed by atoms with Crippen molar-refractivity contribution in [3.63, 3.8) is 0 Å². The Hall–Kier alpha value is -1.55. The molecule has 1 aromatic carbocycles. The fourth-order valence-electron chi connectivity index (χ4n) is 2.22. The van der Waals surface area contributed by atoms with Gasteiger partial charge in [0.05, 0.1) is 6.61 Å². The fourth-order valence-corrected chi connectivity index (χ4v) is 2.22. The molecule has 1 unspecified atom stereocenters. The lowest BCUT2D eigenvalue weighted by molar-refractivity contribution is 0.0789. The van der Waals surface area contributed by atoms with Gasteiger partial charge in [-0.1, -0.05) is 0 Å². The summed E-state index contributed by atoms with van der Waals surface area (Å²) in [6.07, 6.45) is 1.03. The number of benzene rings is 1. The molecule has 0 radical (unpaired) electrons. The van der Waals surface area contributed by atoms with Crippen LogP contribution in [0.2, 0.25) is 0 Å². The van der Waals surface area contributed by atoms with E-state index in [1.165, 1.54) is 0 Å². The highest BCUT2D eigenvalue weighted by Crippen LogP contribution is 2.16. The molecule has 18 heavy (non-hydrogen) atoms. The Morgan fingerprint density at radius 3 is 2.72 bits per heavy atom. The molecule has 1 heterocycles. The molecule has 0 bridgehead atoms. The SMILES string of the molecule is CCOc1ccc(C(=O)N2CCC(NC)C2)cc1. The van der Waals surface area contributed by atoms with Gasteiger partial charge in [-0.15, -0.1) is 0 Å². The number of likely N-dealkylation sites (N-methyl/N-ethyl adjacent to an activating group) is 1.